The zero-order valence-corrected chi connectivity index (χ0v) is 75.8. The van der Waals surface area contributed by atoms with Gasteiger partial charge in [-0.1, -0.05) is 123 Å². The van der Waals surface area contributed by atoms with Crippen molar-refractivity contribution in [2.45, 2.75) is 181 Å². The highest BCUT2D eigenvalue weighted by atomic mass is 16.7. The Bertz CT molecular complexity index is 2310. The molecule has 1 aliphatic heterocycles. The lowest BCUT2D eigenvalue weighted by molar-refractivity contribution is -0.198. The molecular weight excluding hydrogens is 1610 g/mol. The van der Waals surface area contributed by atoms with Crippen LogP contribution < -0.4 is 5.32 Å². The molecule has 35 heteroatoms. The average molecular weight is 1780 g/mol. The van der Waals surface area contributed by atoms with Gasteiger partial charge < -0.3 is 133 Å². The Morgan fingerprint density at radius 2 is 0.537 bits per heavy atom. The van der Waals surface area contributed by atoms with Gasteiger partial charge in [-0.2, -0.15) is 0 Å². The zero-order chi connectivity index (χ0) is 88.5. The second-order valence-electron chi connectivity index (χ2n) is 28.5. The normalized spacial score (nSPS) is 12.9. The van der Waals surface area contributed by atoms with Crippen LogP contribution in [0.25, 0.3) is 0 Å². The van der Waals surface area contributed by atoms with Crippen molar-refractivity contribution in [1.29, 1.82) is 0 Å². The molecule has 0 aliphatic carbocycles. The molecule has 123 heavy (non-hydrogen) atoms. The van der Waals surface area contributed by atoms with E-state index in [9.17, 15) is 28.8 Å². The maximum atomic E-state index is 14.1. The molecule has 0 aromatic rings. The van der Waals surface area contributed by atoms with Crippen LogP contribution >= 0.6 is 0 Å². The summed E-state index contributed by atoms with van der Waals surface area (Å²) < 4.78 is 144. The lowest BCUT2D eigenvalue weighted by Crippen LogP contribution is -2.48. The number of carbonyl (C=O) groups excluding carboxylic acids is 6. The number of amides is 3. The van der Waals surface area contributed by atoms with Gasteiger partial charge in [0.05, 0.1) is 337 Å². The predicted octanol–water partition coefficient (Wildman–Crippen LogP) is 8.77. The summed E-state index contributed by atoms with van der Waals surface area (Å²) in [5.74, 6) is -2.59. The molecular formula is C88H164N2O33. The van der Waals surface area contributed by atoms with Gasteiger partial charge in [-0.25, -0.2) is 4.79 Å². The van der Waals surface area contributed by atoms with Crippen LogP contribution in [0.5, 0.6) is 0 Å². The molecule has 724 valence electrons. The number of rotatable bonds is 104. The van der Waals surface area contributed by atoms with E-state index in [1.54, 1.807) is 0 Å². The summed E-state index contributed by atoms with van der Waals surface area (Å²) in [4.78, 5) is 79.4. The van der Waals surface area contributed by atoms with Crippen LogP contribution in [-0.2, 0) is 157 Å². The minimum absolute atomic E-state index is 0.0494. The molecule has 1 fully saturated rings. The van der Waals surface area contributed by atoms with E-state index in [0.717, 1.165) is 89.9 Å². The van der Waals surface area contributed by atoms with Crippen molar-refractivity contribution in [3.8, 4) is 0 Å². The third-order valence-corrected chi connectivity index (χ3v) is 18.1. The SMILES string of the molecule is CCCCCCCCCCC[C@@](C/C=C/CCCCCCCC(=O)OCCCC)(C(=O)NCCOCCOCCOCCOCCOCCOCCOCCOCCOCCOCCOCCOCCOCCOCCOCCOCCOCCOCCOCCOCCOCCOCCOCCOCCC(=O)ON1C(=O)CCC1=O)C(=O)OCCCC. The predicted molar refractivity (Wildman–Crippen MR) is 457 cm³/mol. The number of hydrogen-bond acceptors (Lipinski definition) is 33. The van der Waals surface area contributed by atoms with Crippen LogP contribution in [0.4, 0.5) is 0 Å². The van der Waals surface area contributed by atoms with Crippen molar-refractivity contribution in [3.05, 3.63) is 12.2 Å². The van der Waals surface area contributed by atoms with Crippen molar-refractivity contribution in [1.82, 2.24) is 10.4 Å². The molecule has 0 aromatic carbocycles. The van der Waals surface area contributed by atoms with E-state index in [-0.39, 0.29) is 57.5 Å². The second kappa shape index (κ2) is 96.9. The minimum Gasteiger partial charge on any atom is -0.466 e. The first-order valence-electron chi connectivity index (χ1n) is 45.9. The molecule has 1 N–H and O–H groups in total. The molecule has 0 spiro atoms. The average Bonchev–Trinajstić information content (AvgIpc) is 1.39. The van der Waals surface area contributed by atoms with Crippen LogP contribution in [-0.4, -0.2) is 378 Å². The molecule has 0 bridgehead atoms. The number of imide groups is 1. The number of nitrogens with one attached hydrogen (secondary N) is 1. The van der Waals surface area contributed by atoms with Gasteiger partial charge in [-0.05, 0) is 44.9 Å². The summed E-state index contributed by atoms with van der Waals surface area (Å²) >= 11 is 0. The van der Waals surface area contributed by atoms with Gasteiger partial charge in [0.15, 0.2) is 0 Å². The van der Waals surface area contributed by atoms with Crippen molar-refractivity contribution in [2.75, 3.05) is 337 Å². The van der Waals surface area contributed by atoms with Crippen LogP contribution in [0.2, 0.25) is 0 Å². The van der Waals surface area contributed by atoms with Crippen LogP contribution in [0.3, 0.4) is 0 Å². The smallest absolute Gasteiger partial charge is 0.335 e. The first-order chi connectivity index (χ1) is 60.7. The maximum absolute atomic E-state index is 14.1. The number of esters is 2. The Balaban J connectivity index is 1.81. The third kappa shape index (κ3) is 82.0. The third-order valence-electron chi connectivity index (χ3n) is 18.1. The number of unbranched alkanes of at least 4 members (excludes halogenated alkanes) is 15. The molecule has 1 saturated heterocycles. The monoisotopic (exact) mass is 1780 g/mol. The van der Waals surface area contributed by atoms with Gasteiger partial charge in [0, 0.05) is 25.8 Å². The summed E-state index contributed by atoms with van der Waals surface area (Å²) in [7, 11) is 0. The van der Waals surface area contributed by atoms with E-state index in [0.29, 0.717) is 335 Å². The second-order valence-corrected chi connectivity index (χ2v) is 28.5. The topological polar surface area (TPSA) is 367 Å². The lowest BCUT2D eigenvalue weighted by Gasteiger charge is -2.29. The number of carbonyl (C=O) groups is 6. The van der Waals surface area contributed by atoms with Crippen LogP contribution in [0.15, 0.2) is 12.2 Å². The first-order valence-corrected chi connectivity index (χ1v) is 45.9. The maximum Gasteiger partial charge on any atom is 0.335 e. The van der Waals surface area contributed by atoms with Crippen molar-refractivity contribution >= 4 is 35.6 Å². The quantitative estimate of drug-likeness (QED) is 0.0195. The summed E-state index contributed by atoms with van der Waals surface area (Å²) in [6.45, 7) is 28.1. The number of nitrogens with zero attached hydrogens (tertiary/aromatic N) is 1. The van der Waals surface area contributed by atoms with E-state index in [1.807, 2.05) is 6.08 Å². The number of hydrogen-bond donors (Lipinski definition) is 1. The molecule has 0 unspecified atom stereocenters. The van der Waals surface area contributed by atoms with Gasteiger partial charge >= 0.3 is 17.9 Å². The number of ether oxygens (including phenoxy) is 26. The van der Waals surface area contributed by atoms with Crippen LogP contribution in [0, 0.1) is 5.41 Å². The molecule has 1 heterocycles. The van der Waals surface area contributed by atoms with Crippen molar-refractivity contribution in [2.24, 2.45) is 5.41 Å². The Hall–Kier alpha value is -4.20. The summed E-state index contributed by atoms with van der Waals surface area (Å²) in [5.41, 5.74) is -1.31. The molecule has 0 saturated carbocycles. The minimum atomic E-state index is -1.31. The van der Waals surface area contributed by atoms with E-state index < -0.39 is 29.2 Å². The highest BCUT2D eigenvalue weighted by molar-refractivity contribution is 6.03. The number of hydroxylamine groups is 2. The Labute approximate surface area is 735 Å². The first kappa shape index (κ1) is 117. The fourth-order valence-corrected chi connectivity index (χ4v) is 11.2. The molecule has 3 amide bonds. The van der Waals surface area contributed by atoms with E-state index >= 15 is 0 Å². The van der Waals surface area contributed by atoms with Crippen molar-refractivity contribution in [3.63, 3.8) is 0 Å². The highest BCUT2D eigenvalue weighted by Gasteiger charge is 2.46. The van der Waals surface area contributed by atoms with Gasteiger partial charge in [0.25, 0.3) is 11.8 Å². The summed E-state index contributed by atoms with van der Waals surface area (Å²) in [6.07, 6.45) is 24.9. The van der Waals surface area contributed by atoms with Crippen molar-refractivity contribution < 1.29 is 157 Å². The fraction of sp³-hybridized carbons (Fsp3) is 0.909. The Morgan fingerprint density at radius 1 is 0.276 bits per heavy atom. The molecule has 35 nitrogen and oxygen atoms in total. The standard InChI is InChI=1S/C88H164N2O33/c1-4-7-10-11-12-14-17-20-23-29-88(87(96)122-33-9-6-3,30-24-21-18-15-13-16-19-22-25-84(93)121-32-8-5-2)86(95)89-31-35-98-37-39-100-41-43-102-45-47-104-49-51-106-53-55-108-57-59-110-61-63-112-65-67-114-69-71-116-73-75-118-77-79-120-81-80-119-78-76-117-74-72-115-70-68-113-66-64-111-62-60-109-58-56-107-54-52-105-50-48-103-46-44-101-42-40-99-38-36-97-34-28-85(94)123-90-82(91)26-27-83(90)92/h21,24H,4-20,22-23,25-81H2,1-3H3,(H,89,95)/b24-21+/t88-/m1/s1. The number of allylic oxidation sites excluding steroid dienone is 2. The van der Waals surface area contributed by atoms with E-state index in [4.69, 9.17) is 128 Å². The highest BCUT2D eigenvalue weighted by Crippen LogP contribution is 2.33. The van der Waals surface area contributed by atoms with Gasteiger partial charge in [0.1, 0.15) is 5.41 Å². The van der Waals surface area contributed by atoms with Gasteiger partial charge in [-0.3, -0.25) is 24.0 Å². The largest absolute Gasteiger partial charge is 0.466 e. The molecule has 1 rings (SSSR count). The van der Waals surface area contributed by atoms with Gasteiger partial charge in [-0.15, -0.1) is 5.06 Å². The molecule has 1 aliphatic rings. The fourth-order valence-electron chi connectivity index (χ4n) is 11.2. The Morgan fingerprint density at radius 3 is 0.846 bits per heavy atom. The van der Waals surface area contributed by atoms with E-state index in [1.165, 1.54) is 32.1 Å². The molecule has 0 radical (unpaired) electrons. The van der Waals surface area contributed by atoms with E-state index in [2.05, 4.69) is 32.2 Å². The molecule has 0 aromatic heterocycles. The Kier molecular flexibility index (Phi) is 92.0. The summed E-state index contributed by atoms with van der Waals surface area (Å²) in [5, 5.41) is 3.54. The van der Waals surface area contributed by atoms with Gasteiger partial charge in [0.2, 0.25) is 5.91 Å². The zero-order valence-electron chi connectivity index (χ0n) is 75.8. The summed E-state index contributed by atoms with van der Waals surface area (Å²) in [6, 6.07) is 0. The lowest BCUT2D eigenvalue weighted by atomic mass is 9.78. The molecule has 1 atom stereocenters. The van der Waals surface area contributed by atoms with Crippen LogP contribution in [0.1, 0.15) is 181 Å².